The molecule has 1 amide bonds. The zero-order valence-electron chi connectivity index (χ0n) is 14.4. The molecule has 5 nitrogen and oxygen atoms in total. The van der Waals surface area contributed by atoms with Crippen molar-refractivity contribution in [1.82, 2.24) is 15.2 Å². The quantitative estimate of drug-likeness (QED) is 0.911. The van der Waals surface area contributed by atoms with Crippen molar-refractivity contribution >= 4 is 5.91 Å². The normalized spacial score (nSPS) is 23.4. The highest BCUT2D eigenvalue weighted by molar-refractivity contribution is 5.94. The van der Waals surface area contributed by atoms with Gasteiger partial charge in [-0.25, -0.2) is 0 Å². The molecule has 25 heavy (non-hydrogen) atoms. The van der Waals surface area contributed by atoms with E-state index >= 15 is 0 Å². The van der Waals surface area contributed by atoms with E-state index in [1.54, 1.807) is 31.6 Å². The van der Waals surface area contributed by atoms with Gasteiger partial charge in [0.05, 0.1) is 19.2 Å². The van der Waals surface area contributed by atoms with E-state index in [-0.39, 0.29) is 18.0 Å². The Bertz CT molecular complexity index is 746. The molecule has 1 aromatic carbocycles. The molecule has 1 N–H and O–H groups in total. The topological polar surface area (TPSA) is 54.5 Å². The number of hydrogen-bond donors (Lipinski definition) is 1. The van der Waals surface area contributed by atoms with Crippen LogP contribution in [0.1, 0.15) is 41.2 Å². The molecule has 2 aromatic rings. The smallest absolute Gasteiger partial charge is 0.251 e. The number of benzene rings is 1. The summed E-state index contributed by atoms with van der Waals surface area (Å²) >= 11 is 0. The summed E-state index contributed by atoms with van der Waals surface area (Å²) in [6, 6.07) is 12.7. The van der Waals surface area contributed by atoms with E-state index < -0.39 is 0 Å². The first kappa shape index (κ1) is 16.1. The number of likely N-dealkylation sites (tertiary alicyclic amines) is 1. The van der Waals surface area contributed by atoms with Gasteiger partial charge in [-0.1, -0.05) is 12.1 Å². The number of methoxy groups -OCH3 is 1. The summed E-state index contributed by atoms with van der Waals surface area (Å²) in [5.41, 5.74) is 1.87. The first-order valence-corrected chi connectivity index (χ1v) is 8.87. The zero-order valence-corrected chi connectivity index (χ0v) is 14.4. The van der Waals surface area contributed by atoms with Crippen LogP contribution < -0.4 is 10.1 Å². The fourth-order valence-corrected chi connectivity index (χ4v) is 3.79. The van der Waals surface area contributed by atoms with Crippen LogP contribution in [-0.2, 0) is 0 Å². The van der Waals surface area contributed by atoms with E-state index in [1.165, 1.54) is 18.4 Å². The number of aromatic nitrogens is 1. The van der Waals surface area contributed by atoms with E-state index in [9.17, 15) is 4.79 Å². The van der Waals surface area contributed by atoms with Crippen molar-refractivity contribution in [2.75, 3.05) is 13.7 Å². The molecule has 1 saturated carbocycles. The Labute approximate surface area is 148 Å². The van der Waals surface area contributed by atoms with Gasteiger partial charge in [0.1, 0.15) is 5.75 Å². The monoisotopic (exact) mass is 337 g/mol. The summed E-state index contributed by atoms with van der Waals surface area (Å²) < 4.78 is 5.40. The number of amides is 1. The predicted octanol–water partition coefficient (Wildman–Crippen LogP) is 2.80. The lowest BCUT2D eigenvalue weighted by molar-refractivity contribution is 0.0923. The van der Waals surface area contributed by atoms with Gasteiger partial charge in [-0.15, -0.1) is 0 Å². The van der Waals surface area contributed by atoms with Crippen molar-refractivity contribution in [2.45, 2.75) is 37.4 Å². The third-order valence-corrected chi connectivity index (χ3v) is 5.15. The maximum Gasteiger partial charge on any atom is 0.251 e. The van der Waals surface area contributed by atoms with Gasteiger partial charge in [-0.2, -0.15) is 0 Å². The van der Waals surface area contributed by atoms with Gasteiger partial charge >= 0.3 is 0 Å². The maximum atomic E-state index is 12.6. The first-order chi connectivity index (χ1) is 12.3. The van der Waals surface area contributed by atoms with Gasteiger partial charge in [-0.3, -0.25) is 14.7 Å². The molecule has 2 heterocycles. The number of nitrogens with one attached hydrogen (secondary N) is 1. The van der Waals surface area contributed by atoms with Gasteiger partial charge in [0.15, 0.2) is 0 Å². The number of pyridine rings is 1. The van der Waals surface area contributed by atoms with Crippen LogP contribution >= 0.6 is 0 Å². The number of carbonyl (C=O) groups excluding carboxylic acids is 1. The van der Waals surface area contributed by atoms with Crippen molar-refractivity contribution in [1.29, 1.82) is 0 Å². The number of ether oxygens (including phenoxy) is 1. The molecule has 130 valence electrons. The lowest BCUT2D eigenvalue weighted by Gasteiger charge is -2.29. The molecule has 0 radical (unpaired) electrons. The average molecular weight is 337 g/mol. The van der Waals surface area contributed by atoms with Crippen LogP contribution in [0.4, 0.5) is 0 Å². The van der Waals surface area contributed by atoms with E-state index in [0.717, 1.165) is 18.7 Å². The third-order valence-electron chi connectivity index (χ3n) is 5.15. The Hall–Kier alpha value is -2.40. The Morgan fingerprint density at radius 2 is 2.00 bits per heavy atom. The molecule has 1 aliphatic carbocycles. The molecule has 0 spiro atoms. The van der Waals surface area contributed by atoms with Gasteiger partial charge in [-0.05, 0) is 49.1 Å². The summed E-state index contributed by atoms with van der Waals surface area (Å²) in [6.07, 6.45) is 6.78. The SMILES string of the molecule is COc1cccc([C@@H]2[C@H](NC(=O)c3ccncc3)CCN2C2CC2)c1. The van der Waals surface area contributed by atoms with Crippen molar-refractivity contribution in [3.8, 4) is 5.75 Å². The van der Waals surface area contributed by atoms with Gasteiger partial charge < -0.3 is 10.1 Å². The van der Waals surface area contributed by atoms with Gasteiger partial charge in [0, 0.05) is 30.5 Å². The molecule has 1 aromatic heterocycles. The summed E-state index contributed by atoms with van der Waals surface area (Å²) in [5.74, 6) is 0.831. The number of carbonyl (C=O) groups is 1. The van der Waals surface area contributed by atoms with Crippen LogP contribution in [-0.4, -0.2) is 41.5 Å². The lowest BCUT2D eigenvalue weighted by atomic mass is 9.99. The molecule has 2 atom stereocenters. The van der Waals surface area contributed by atoms with Crippen molar-refractivity contribution < 1.29 is 9.53 Å². The first-order valence-electron chi connectivity index (χ1n) is 8.87. The molecule has 2 aliphatic rings. The Morgan fingerprint density at radius 1 is 1.20 bits per heavy atom. The number of rotatable bonds is 5. The summed E-state index contributed by atoms with van der Waals surface area (Å²) in [4.78, 5) is 19.1. The van der Waals surface area contributed by atoms with Gasteiger partial charge in [0.25, 0.3) is 5.91 Å². The van der Waals surface area contributed by atoms with Crippen molar-refractivity contribution in [3.63, 3.8) is 0 Å². The third kappa shape index (κ3) is 3.37. The maximum absolute atomic E-state index is 12.6. The second-order valence-electron chi connectivity index (χ2n) is 6.79. The molecular formula is C20H23N3O2. The minimum Gasteiger partial charge on any atom is -0.497 e. The Balaban J connectivity index is 1.58. The average Bonchev–Trinajstić information content (AvgIpc) is 3.43. The Morgan fingerprint density at radius 3 is 2.72 bits per heavy atom. The van der Waals surface area contributed by atoms with Crippen LogP contribution in [0.2, 0.25) is 0 Å². The minimum absolute atomic E-state index is 0.0297. The number of nitrogens with zero attached hydrogens (tertiary/aromatic N) is 2. The second kappa shape index (κ2) is 6.84. The van der Waals surface area contributed by atoms with E-state index in [4.69, 9.17) is 4.74 Å². The van der Waals surface area contributed by atoms with Crippen LogP contribution in [0.5, 0.6) is 5.75 Å². The fraction of sp³-hybridized carbons (Fsp3) is 0.400. The van der Waals surface area contributed by atoms with Crippen molar-refractivity contribution in [3.05, 3.63) is 59.9 Å². The van der Waals surface area contributed by atoms with Crippen LogP contribution in [0.15, 0.2) is 48.8 Å². The Kier molecular flexibility index (Phi) is 4.40. The summed E-state index contributed by atoms with van der Waals surface area (Å²) in [7, 11) is 1.69. The molecule has 1 saturated heterocycles. The lowest BCUT2D eigenvalue weighted by Crippen LogP contribution is -2.40. The van der Waals surface area contributed by atoms with E-state index in [0.29, 0.717) is 11.6 Å². The van der Waals surface area contributed by atoms with Gasteiger partial charge in [0.2, 0.25) is 0 Å². The predicted molar refractivity (Wildman–Crippen MR) is 95.6 cm³/mol. The van der Waals surface area contributed by atoms with Crippen LogP contribution in [0, 0.1) is 0 Å². The van der Waals surface area contributed by atoms with E-state index in [1.807, 2.05) is 12.1 Å². The minimum atomic E-state index is -0.0297. The molecular weight excluding hydrogens is 314 g/mol. The molecule has 0 unspecified atom stereocenters. The molecule has 4 rings (SSSR count). The standard InChI is InChI=1S/C20H23N3O2/c1-25-17-4-2-3-15(13-17)19-18(9-12-23(19)16-5-6-16)22-20(24)14-7-10-21-11-8-14/h2-4,7-8,10-11,13,16,18-19H,5-6,9,12H2,1H3,(H,22,24)/t18-,19-/m1/s1. The fourth-order valence-electron chi connectivity index (χ4n) is 3.79. The number of hydrogen-bond acceptors (Lipinski definition) is 4. The molecule has 1 aliphatic heterocycles. The molecule has 0 bridgehead atoms. The molecule has 5 heteroatoms. The van der Waals surface area contributed by atoms with E-state index in [2.05, 4.69) is 27.3 Å². The largest absolute Gasteiger partial charge is 0.497 e. The highest BCUT2D eigenvalue weighted by Crippen LogP contribution is 2.41. The van der Waals surface area contributed by atoms with Crippen LogP contribution in [0.3, 0.4) is 0 Å². The van der Waals surface area contributed by atoms with Crippen LogP contribution in [0.25, 0.3) is 0 Å². The molecule has 2 fully saturated rings. The summed E-state index contributed by atoms with van der Waals surface area (Å²) in [5, 5.41) is 3.24. The highest BCUT2D eigenvalue weighted by Gasteiger charge is 2.43. The zero-order chi connectivity index (χ0) is 17.2. The van der Waals surface area contributed by atoms with Crippen molar-refractivity contribution in [2.24, 2.45) is 0 Å². The summed E-state index contributed by atoms with van der Waals surface area (Å²) in [6.45, 7) is 1.02. The highest BCUT2D eigenvalue weighted by atomic mass is 16.5. The second-order valence-corrected chi connectivity index (χ2v) is 6.79.